The summed E-state index contributed by atoms with van der Waals surface area (Å²) in [5.74, 6) is -0.540. The number of methoxy groups -OCH3 is 1. The van der Waals surface area contributed by atoms with Crippen molar-refractivity contribution < 1.29 is 13.9 Å². The Balaban J connectivity index is 2.06. The Hall–Kier alpha value is -3.34. The Morgan fingerprint density at radius 1 is 1.12 bits per heavy atom. The molecule has 0 bridgehead atoms. The molecule has 0 radical (unpaired) electrons. The number of ether oxygens (including phenoxy) is 1. The van der Waals surface area contributed by atoms with E-state index >= 15 is 0 Å². The van der Waals surface area contributed by atoms with Crippen molar-refractivity contribution >= 4 is 28.7 Å². The first kappa shape index (κ1) is 16.5. The third kappa shape index (κ3) is 3.77. The fourth-order valence-electron chi connectivity index (χ4n) is 2.51. The third-order valence-electron chi connectivity index (χ3n) is 3.75. The van der Waals surface area contributed by atoms with Crippen LogP contribution in [0.5, 0.6) is 0 Å². The van der Waals surface area contributed by atoms with E-state index in [-0.39, 0.29) is 5.56 Å². The van der Waals surface area contributed by atoms with Crippen molar-refractivity contribution in [2.45, 2.75) is 6.54 Å². The Morgan fingerprint density at radius 2 is 1.84 bits per heavy atom. The SMILES string of the molecule is COC(=O)/C=C/c1c(NCc2ccccc2)c2ccccc2oc1=O. The van der Waals surface area contributed by atoms with Gasteiger partial charge in [-0.05, 0) is 23.8 Å². The van der Waals surface area contributed by atoms with Gasteiger partial charge in [0.2, 0.25) is 0 Å². The second kappa shape index (κ2) is 7.49. The van der Waals surface area contributed by atoms with Gasteiger partial charge in [-0.25, -0.2) is 9.59 Å². The first-order chi connectivity index (χ1) is 12.2. The molecular weight excluding hydrogens is 318 g/mol. The molecule has 2 aromatic carbocycles. The number of hydrogen-bond donors (Lipinski definition) is 1. The highest BCUT2D eigenvalue weighted by molar-refractivity contribution is 5.96. The second-order valence-corrected chi connectivity index (χ2v) is 5.37. The van der Waals surface area contributed by atoms with E-state index in [0.29, 0.717) is 17.8 Å². The van der Waals surface area contributed by atoms with Gasteiger partial charge in [0.1, 0.15) is 5.58 Å². The van der Waals surface area contributed by atoms with Gasteiger partial charge in [0.15, 0.2) is 0 Å². The van der Waals surface area contributed by atoms with Crippen molar-refractivity contribution in [2.24, 2.45) is 0 Å². The molecule has 1 N–H and O–H groups in total. The minimum Gasteiger partial charge on any atom is -0.466 e. The Labute approximate surface area is 144 Å². The minimum atomic E-state index is -0.540. The van der Waals surface area contributed by atoms with Crippen LogP contribution in [0, 0.1) is 0 Å². The van der Waals surface area contributed by atoms with Gasteiger partial charge in [0, 0.05) is 18.0 Å². The molecule has 3 rings (SSSR count). The lowest BCUT2D eigenvalue weighted by atomic mass is 10.1. The van der Waals surface area contributed by atoms with Crippen LogP contribution < -0.4 is 10.9 Å². The monoisotopic (exact) mass is 335 g/mol. The van der Waals surface area contributed by atoms with Crippen molar-refractivity contribution in [1.29, 1.82) is 0 Å². The Kier molecular flexibility index (Phi) is 4.95. The number of para-hydroxylation sites is 1. The third-order valence-corrected chi connectivity index (χ3v) is 3.75. The van der Waals surface area contributed by atoms with Crippen LogP contribution in [0.1, 0.15) is 11.1 Å². The predicted molar refractivity (Wildman–Crippen MR) is 97.3 cm³/mol. The zero-order valence-corrected chi connectivity index (χ0v) is 13.7. The second-order valence-electron chi connectivity index (χ2n) is 5.37. The van der Waals surface area contributed by atoms with Gasteiger partial charge in [0.05, 0.1) is 18.4 Å². The lowest BCUT2D eigenvalue weighted by molar-refractivity contribution is -0.134. The van der Waals surface area contributed by atoms with E-state index in [1.807, 2.05) is 42.5 Å². The summed E-state index contributed by atoms with van der Waals surface area (Å²) in [5.41, 5.74) is 1.94. The smallest absolute Gasteiger partial charge is 0.345 e. The predicted octanol–water partition coefficient (Wildman–Crippen LogP) is 3.59. The number of esters is 1. The molecule has 0 aliphatic rings. The van der Waals surface area contributed by atoms with Gasteiger partial charge in [-0.3, -0.25) is 0 Å². The van der Waals surface area contributed by atoms with Crippen LogP contribution in [0.4, 0.5) is 5.69 Å². The molecule has 25 heavy (non-hydrogen) atoms. The maximum absolute atomic E-state index is 12.4. The molecule has 0 atom stereocenters. The van der Waals surface area contributed by atoms with Crippen molar-refractivity contribution in [3.05, 3.63) is 82.2 Å². The molecule has 5 heteroatoms. The Bertz CT molecular complexity index is 974. The van der Waals surface area contributed by atoms with Crippen LogP contribution in [0.25, 0.3) is 17.0 Å². The van der Waals surface area contributed by atoms with E-state index in [4.69, 9.17) is 4.42 Å². The summed E-state index contributed by atoms with van der Waals surface area (Å²) in [6, 6.07) is 17.1. The van der Waals surface area contributed by atoms with E-state index in [0.717, 1.165) is 10.9 Å². The number of carbonyl (C=O) groups is 1. The quantitative estimate of drug-likeness (QED) is 0.438. The Morgan fingerprint density at radius 3 is 2.60 bits per heavy atom. The zero-order valence-electron chi connectivity index (χ0n) is 13.7. The summed E-state index contributed by atoms with van der Waals surface area (Å²) in [7, 11) is 1.28. The summed E-state index contributed by atoms with van der Waals surface area (Å²) in [4.78, 5) is 23.7. The molecule has 3 aromatic rings. The molecule has 5 nitrogen and oxygen atoms in total. The molecule has 1 aromatic heterocycles. The van der Waals surface area contributed by atoms with Gasteiger partial charge >= 0.3 is 11.6 Å². The summed E-state index contributed by atoms with van der Waals surface area (Å²) in [6.45, 7) is 0.535. The number of fused-ring (bicyclic) bond motifs is 1. The van der Waals surface area contributed by atoms with Crippen LogP contribution in [0.2, 0.25) is 0 Å². The molecule has 0 saturated carbocycles. The average Bonchev–Trinajstić information content (AvgIpc) is 2.65. The van der Waals surface area contributed by atoms with Gasteiger partial charge < -0.3 is 14.5 Å². The molecule has 126 valence electrons. The number of anilines is 1. The molecule has 0 aliphatic heterocycles. The molecule has 0 fully saturated rings. The topological polar surface area (TPSA) is 68.5 Å². The lowest BCUT2D eigenvalue weighted by Gasteiger charge is -2.12. The number of carbonyl (C=O) groups excluding carboxylic acids is 1. The molecule has 0 saturated heterocycles. The largest absolute Gasteiger partial charge is 0.466 e. The minimum absolute atomic E-state index is 0.278. The van der Waals surface area contributed by atoms with Crippen molar-refractivity contribution in [3.63, 3.8) is 0 Å². The van der Waals surface area contributed by atoms with Crippen LogP contribution in [0.3, 0.4) is 0 Å². The summed E-state index contributed by atoms with van der Waals surface area (Å²) < 4.78 is 9.94. The van der Waals surface area contributed by atoms with Gasteiger partial charge in [0.25, 0.3) is 0 Å². The molecule has 1 heterocycles. The number of nitrogens with one attached hydrogen (secondary N) is 1. The van der Waals surface area contributed by atoms with Gasteiger partial charge in [-0.15, -0.1) is 0 Å². The van der Waals surface area contributed by atoms with E-state index < -0.39 is 11.6 Å². The fourth-order valence-corrected chi connectivity index (χ4v) is 2.51. The maximum Gasteiger partial charge on any atom is 0.345 e. The first-order valence-electron chi connectivity index (χ1n) is 7.78. The van der Waals surface area contributed by atoms with Gasteiger partial charge in [-0.1, -0.05) is 42.5 Å². The zero-order chi connectivity index (χ0) is 17.6. The normalized spacial score (nSPS) is 10.9. The van der Waals surface area contributed by atoms with Crippen LogP contribution in [0.15, 0.2) is 69.9 Å². The molecule has 0 spiro atoms. The van der Waals surface area contributed by atoms with E-state index in [1.54, 1.807) is 12.1 Å². The molecule has 0 unspecified atom stereocenters. The lowest BCUT2D eigenvalue weighted by Crippen LogP contribution is -2.11. The number of hydrogen-bond acceptors (Lipinski definition) is 5. The van der Waals surface area contributed by atoms with Gasteiger partial charge in [-0.2, -0.15) is 0 Å². The average molecular weight is 335 g/mol. The number of rotatable bonds is 5. The maximum atomic E-state index is 12.4. The standard InChI is InChI=1S/C20H17NO4/c1-24-18(22)12-11-16-19(21-13-14-7-3-2-4-8-14)15-9-5-6-10-17(15)25-20(16)23/h2-12,21H,13H2,1H3/b12-11+. The van der Waals surface area contributed by atoms with Crippen LogP contribution in [-0.4, -0.2) is 13.1 Å². The molecular formula is C20H17NO4. The van der Waals surface area contributed by atoms with Crippen molar-refractivity contribution in [2.75, 3.05) is 12.4 Å². The highest BCUT2D eigenvalue weighted by Gasteiger charge is 2.12. The van der Waals surface area contributed by atoms with Crippen LogP contribution in [-0.2, 0) is 16.1 Å². The first-order valence-corrected chi connectivity index (χ1v) is 7.78. The van der Waals surface area contributed by atoms with E-state index in [2.05, 4.69) is 10.1 Å². The molecule has 0 aliphatic carbocycles. The van der Waals surface area contributed by atoms with E-state index in [1.165, 1.54) is 19.3 Å². The van der Waals surface area contributed by atoms with E-state index in [9.17, 15) is 9.59 Å². The van der Waals surface area contributed by atoms with Crippen molar-refractivity contribution in [1.82, 2.24) is 0 Å². The number of benzene rings is 2. The van der Waals surface area contributed by atoms with Crippen LogP contribution >= 0.6 is 0 Å². The highest BCUT2D eigenvalue weighted by Crippen LogP contribution is 2.26. The highest BCUT2D eigenvalue weighted by atomic mass is 16.5. The summed E-state index contributed by atoms with van der Waals surface area (Å²) >= 11 is 0. The summed E-state index contributed by atoms with van der Waals surface area (Å²) in [6.07, 6.45) is 2.62. The summed E-state index contributed by atoms with van der Waals surface area (Å²) in [5, 5.41) is 4.06. The fraction of sp³-hybridized carbons (Fsp3) is 0.100. The van der Waals surface area contributed by atoms with Crippen molar-refractivity contribution in [3.8, 4) is 0 Å². The molecule has 0 amide bonds.